The van der Waals surface area contributed by atoms with Crippen LogP contribution >= 0.6 is 0 Å². The van der Waals surface area contributed by atoms with E-state index < -0.39 is 49.2 Å². The molecule has 0 radical (unpaired) electrons. The molecule has 0 spiro atoms. The van der Waals surface area contributed by atoms with Crippen LogP contribution in [0, 0.1) is 5.92 Å². The van der Waals surface area contributed by atoms with Gasteiger partial charge in [0.1, 0.15) is 17.7 Å². The van der Waals surface area contributed by atoms with Crippen LogP contribution in [0.2, 0.25) is 0 Å². The molecule has 4 heterocycles. The summed E-state index contributed by atoms with van der Waals surface area (Å²) in [5.74, 6) is 0.937. The van der Waals surface area contributed by atoms with Gasteiger partial charge in [-0.15, -0.1) is 0 Å². The van der Waals surface area contributed by atoms with Gasteiger partial charge in [-0.25, -0.2) is 19.6 Å². The van der Waals surface area contributed by atoms with Gasteiger partial charge in [0.2, 0.25) is 5.91 Å². The molecule has 5 N–H and O–H groups in total. The summed E-state index contributed by atoms with van der Waals surface area (Å²) in [6.45, 7) is 6.08. The first-order valence-corrected chi connectivity index (χ1v) is 18.6. The van der Waals surface area contributed by atoms with E-state index in [1.807, 2.05) is 35.8 Å². The molecule has 2 aliphatic rings. The van der Waals surface area contributed by atoms with Crippen molar-refractivity contribution in [3.8, 4) is 33.6 Å². The maximum absolute atomic E-state index is 13.3. The van der Waals surface area contributed by atoms with Crippen molar-refractivity contribution in [3.05, 3.63) is 72.6 Å². The largest absolute Gasteiger partial charge is 0.465 e. The van der Waals surface area contributed by atoms with Crippen molar-refractivity contribution in [2.75, 3.05) is 26.7 Å². The summed E-state index contributed by atoms with van der Waals surface area (Å²) in [5, 5.41) is 14.1. The van der Waals surface area contributed by atoms with Gasteiger partial charge in [0, 0.05) is 25.6 Å². The number of amides is 3. The van der Waals surface area contributed by atoms with E-state index in [0.29, 0.717) is 30.9 Å². The number of benzene rings is 2. The first-order chi connectivity index (χ1) is 26.3. The number of alkyl carbamates (subject to hydrolysis) is 1. The number of aromatic nitrogens is 4. The molecule has 3 amide bonds. The second-order valence-corrected chi connectivity index (χ2v) is 14.5. The molecule has 4 aromatic rings. The van der Waals surface area contributed by atoms with Crippen LogP contribution in [0.1, 0.15) is 76.1 Å². The van der Waals surface area contributed by atoms with E-state index in [4.69, 9.17) is 14.8 Å². The lowest BCUT2D eigenvalue weighted by Crippen LogP contribution is -2.48. The normalized spacial score (nSPS) is 18.7. The van der Waals surface area contributed by atoms with Gasteiger partial charge < -0.3 is 35.3 Å². The number of methoxy groups -OCH3 is 1. The highest BCUT2D eigenvalue weighted by Gasteiger charge is 2.38. The van der Waals surface area contributed by atoms with Crippen molar-refractivity contribution >= 4 is 18.1 Å². The van der Waals surface area contributed by atoms with Crippen LogP contribution in [0.15, 0.2) is 60.9 Å². The summed E-state index contributed by atoms with van der Waals surface area (Å²) in [4.78, 5) is 56.3. The molecule has 4 unspecified atom stereocenters. The second-order valence-electron chi connectivity index (χ2n) is 14.5. The van der Waals surface area contributed by atoms with Gasteiger partial charge in [0.05, 0.1) is 43.0 Å². The summed E-state index contributed by atoms with van der Waals surface area (Å²) in [6.07, 6.45) is -1.78. The van der Waals surface area contributed by atoms with E-state index in [0.717, 1.165) is 53.2 Å². The zero-order valence-corrected chi connectivity index (χ0v) is 31.0. The van der Waals surface area contributed by atoms with Crippen molar-refractivity contribution in [3.63, 3.8) is 0 Å². The van der Waals surface area contributed by atoms with Crippen molar-refractivity contribution in [2.45, 2.75) is 82.7 Å². The summed E-state index contributed by atoms with van der Waals surface area (Å²) < 4.78 is 43.5. The third-order valence-electron chi connectivity index (χ3n) is 10.5. The average Bonchev–Trinajstić information content (AvgIpc) is 3.99. The zero-order valence-electron chi connectivity index (χ0n) is 31.0. The minimum atomic E-state index is -4.52. The van der Waals surface area contributed by atoms with Crippen LogP contribution in [0.4, 0.5) is 22.8 Å². The van der Waals surface area contributed by atoms with E-state index in [2.05, 4.69) is 63.3 Å². The fraction of sp³-hybridized carbons (Fsp3) is 0.462. The molecule has 55 heavy (non-hydrogen) atoms. The number of aromatic amines is 2. The van der Waals surface area contributed by atoms with Gasteiger partial charge in [-0.3, -0.25) is 9.69 Å². The number of halogens is 3. The topological polar surface area (TPSA) is 169 Å². The average molecular weight is 765 g/mol. The van der Waals surface area contributed by atoms with Crippen LogP contribution in [0.3, 0.4) is 0 Å². The van der Waals surface area contributed by atoms with Gasteiger partial charge >= 0.3 is 18.4 Å². The van der Waals surface area contributed by atoms with Crippen LogP contribution in [0.5, 0.6) is 0 Å². The van der Waals surface area contributed by atoms with Crippen molar-refractivity contribution in [1.29, 1.82) is 0 Å². The van der Waals surface area contributed by atoms with Crippen molar-refractivity contribution in [2.24, 2.45) is 5.92 Å². The molecule has 2 fully saturated rings. The van der Waals surface area contributed by atoms with Crippen LogP contribution in [0.25, 0.3) is 33.6 Å². The Kier molecular flexibility index (Phi) is 12.1. The Balaban J connectivity index is 1.09. The van der Waals surface area contributed by atoms with Gasteiger partial charge in [0.25, 0.3) is 0 Å². The molecule has 0 bridgehead atoms. The Morgan fingerprint density at radius 1 is 0.855 bits per heavy atom. The number of carbonyl (C=O) groups is 3. The highest BCUT2D eigenvalue weighted by atomic mass is 19.4. The van der Waals surface area contributed by atoms with Gasteiger partial charge in [-0.05, 0) is 66.8 Å². The summed E-state index contributed by atoms with van der Waals surface area (Å²) >= 11 is 0. The lowest BCUT2D eigenvalue weighted by Gasteiger charge is -2.30. The van der Waals surface area contributed by atoms with Gasteiger partial charge in [0.15, 0.2) is 0 Å². The highest BCUT2D eigenvalue weighted by molar-refractivity contribution is 5.86. The fourth-order valence-corrected chi connectivity index (χ4v) is 7.46. The van der Waals surface area contributed by atoms with Crippen LogP contribution in [-0.2, 0) is 9.53 Å². The molecule has 6 rings (SSSR count). The maximum atomic E-state index is 13.3. The Morgan fingerprint density at radius 2 is 1.38 bits per heavy atom. The van der Waals surface area contributed by atoms with Crippen molar-refractivity contribution in [1.82, 2.24) is 40.4 Å². The molecule has 13 nitrogen and oxygen atoms in total. The molecular formula is C39H47F3N8O5. The van der Waals surface area contributed by atoms with E-state index in [9.17, 15) is 27.6 Å². The molecule has 16 heteroatoms. The second kappa shape index (κ2) is 17.0. The zero-order chi connectivity index (χ0) is 39.3. The number of carbonyl (C=O) groups excluding carboxylic acids is 2. The lowest BCUT2D eigenvalue weighted by molar-refractivity contribution is -0.143. The molecular weight excluding hydrogens is 717 g/mol. The minimum absolute atomic E-state index is 0.0464. The number of rotatable bonds is 13. The SMILES string of the molecule is COC(=O)NC(CN1CCCC1c1ncc(-c2ccc(-c3ccc(-c4cnc(C5CCCN5C(=O)C(CCC(F)(F)F)NC(=O)O)[nH]4)cc3)cc2)[nH]1)C(C)C. The van der Waals surface area contributed by atoms with E-state index >= 15 is 0 Å². The number of nitrogens with one attached hydrogen (secondary N) is 4. The number of alkyl halides is 3. The number of nitrogens with zero attached hydrogens (tertiary/aromatic N) is 4. The first kappa shape index (κ1) is 39.3. The minimum Gasteiger partial charge on any atom is -0.465 e. The Hall–Kier alpha value is -5.38. The molecule has 294 valence electrons. The molecule has 2 saturated heterocycles. The number of ether oxygens (including phenoxy) is 1. The molecule has 0 saturated carbocycles. The maximum Gasteiger partial charge on any atom is 0.407 e. The Labute approximate surface area is 317 Å². The van der Waals surface area contributed by atoms with E-state index in [1.165, 1.54) is 12.0 Å². The smallest absolute Gasteiger partial charge is 0.407 e. The van der Waals surface area contributed by atoms with Gasteiger partial charge in [-0.1, -0.05) is 62.4 Å². The predicted molar refractivity (Wildman–Crippen MR) is 199 cm³/mol. The monoisotopic (exact) mass is 764 g/mol. The number of hydrogen-bond acceptors (Lipinski definition) is 7. The molecule has 2 aliphatic heterocycles. The van der Waals surface area contributed by atoms with E-state index in [-0.39, 0.29) is 24.5 Å². The number of H-pyrrole nitrogens is 2. The Morgan fingerprint density at radius 3 is 1.91 bits per heavy atom. The molecule has 0 aliphatic carbocycles. The number of carboxylic acid groups (broad SMARTS) is 1. The molecule has 2 aromatic carbocycles. The first-order valence-electron chi connectivity index (χ1n) is 18.6. The number of hydrogen-bond donors (Lipinski definition) is 5. The van der Waals surface area contributed by atoms with Gasteiger partial charge in [-0.2, -0.15) is 13.2 Å². The van der Waals surface area contributed by atoms with Crippen LogP contribution < -0.4 is 10.6 Å². The standard InChI is InChI=1S/C39H47F3N8O5/c1-23(2)31(48-38(54)55-3)22-49-18-4-6-32(49)34-43-20-29(45-34)26-12-8-24(9-13-26)25-10-14-27(15-11-25)30-21-44-35(46-30)33-7-5-19-50(33)36(51)28(47-37(52)53)16-17-39(40,41)42/h8-15,20-21,23,28,31-33,47H,4-7,16-19,22H2,1-3H3,(H,43,45)(H,44,46)(H,48,54)(H,52,53). The predicted octanol–water partition coefficient (Wildman–Crippen LogP) is 7.29. The number of imidazole rings is 2. The molecule has 4 atom stereocenters. The molecule has 2 aromatic heterocycles. The summed E-state index contributed by atoms with van der Waals surface area (Å²) in [5.41, 5.74) is 5.53. The highest BCUT2D eigenvalue weighted by Crippen LogP contribution is 2.35. The van der Waals surface area contributed by atoms with Crippen molar-refractivity contribution < 1.29 is 37.4 Å². The van der Waals surface area contributed by atoms with Crippen LogP contribution in [-0.4, -0.2) is 97.9 Å². The fourth-order valence-electron chi connectivity index (χ4n) is 7.46. The summed E-state index contributed by atoms with van der Waals surface area (Å²) in [6, 6.07) is 14.2. The third-order valence-corrected chi connectivity index (χ3v) is 10.5. The van der Waals surface area contributed by atoms with E-state index in [1.54, 1.807) is 6.20 Å². The number of likely N-dealkylation sites (tertiary alicyclic amines) is 2. The lowest BCUT2D eigenvalue weighted by atomic mass is 10.0. The third kappa shape index (κ3) is 9.65. The summed E-state index contributed by atoms with van der Waals surface area (Å²) in [7, 11) is 1.37. The quantitative estimate of drug-likeness (QED) is 0.0946. The Bertz CT molecular complexity index is 1930.